The van der Waals surface area contributed by atoms with Gasteiger partial charge in [0.2, 0.25) is 0 Å². The van der Waals surface area contributed by atoms with Crippen LogP contribution in [0.2, 0.25) is 0 Å². The van der Waals surface area contributed by atoms with E-state index in [1.165, 1.54) is 30.5 Å². The second kappa shape index (κ2) is 5.38. The quantitative estimate of drug-likeness (QED) is 0.727. The lowest BCUT2D eigenvalue weighted by molar-refractivity contribution is -0.137. The maximum absolute atomic E-state index is 12.5. The van der Waals surface area contributed by atoms with Crippen molar-refractivity contribution in [3.8, 4) is 0 Å². The standard InChI is InChI=1S/C15H9F3N2O3/c16-15(17,18)10-5-3-9(4-6-10)8-20-12-11(2-1-7-19-12)13(21)23-14(20)22/h1-7H,8H2. The van der Waals surface area contributed by atoms with Crippen molar-refractivity contribution in [2.45, 2.75) is 12.7 Å². The Morgan fingerprint density at radius 3 is 2.43 bits per heavy atom. The molecule has 0 radical (unpaired) electrons. The maximum atomic E-state index is 12.5. The van der Waals surface area contributed by atoms with Gasteiger partial charge in [0.05, 0.1) is 12.1 Å². The van der Waals surface area contributed by atoms with Gasteiger partial charge in [0.15, 0.2) is 5.65 Å². The minimum absolute atomic E-state index is 0.0612. The highest BCUT2D eigenvalue weighted by Gasteiger charge is 2.29. The summed E-state index contributed by atoms with van der Waals surface area (Å²) in [5, 5.41) is 0.124. The fourth-order valence-electron chi connectivity index (χ4n) is 2.17. The molecule has 118 valence electrons. The molecule has 1 aromatic carbocycles. The van der Waals surface area contributed by atoms with Gasteiger partial charge in [-0.1, -0.05) is 12.1 Å². The number of pyridine rings is 1. The first-order valence-electron chi connectivity index (χ1n) is 6.51. The van der Waals surface area contributed by atoms with Crippen molar-refractivity contribution < 1.29 is 17.6 Å². The molecule has 3 rings (SSSR count). The summed E-state index contributed by atoms with van der Waals surface area (Å²) in [4.78, 5) is 27.5. The van der Waals surface area contributed by atoms with E-state index >= 15 is 0 Å². The van der Waals surface area contributed by atoms with Crippen LogP contribution in [0.15, 0.2) is 56.6 Å². The third-order valence-electron chi connectivity index (χ3n) is 3.28. The van der Waals surface area contributed by atoms with Crippen molar-refractivity contribution in [1.29, 1.82) is 0 Å². The van der Waals surface area contributed by atoms with Gasteiger partial charge in [-0.25, -0.2) is 14.6 Å². The Hall–Kier alpha value is -2.90. The van der Waals surface area contributed by atoms with Crippen LogP contribution in [0, 0.1) is 0 Å². The van der Waals surface area contributed by atoms with Gasteiger partial charge in [-0.2, -0.15) is 13.2 Å². The highest BCUT2D eigenvalue weighted by molar-refractivity contribution is 5.72. The predicted octanol–water partition coefficient (Wildman–Crippen LogP) is 2.42. The number of rotatable bonds is 2. The molecule has 0 saturated carbocycles. The summed E-state index contributed by atoms with van der Waals surface area (Å²) >= 11 is 0. The van der Waals surface area contributed by atoms with Crippen LogP contribution in [-0.4, -0.2) is 9.55 Å². The molecule has 0 amide bonds. The lowest BCUT2D eigenvalue weighted by Crippen LogP contribution is -2.26. The van der Waals surface area contributed by atoms with Gasteiger partial charge in [0.1, 0.15) is 5.39 Å². The summed E-state index contributed by atoms with van der Waals surface area (Å²) in [6.45, 7) is -0.0612. The van der Waals surface area contributed by atoms with Crippen LogP contribution in [0.3, 0.4) is 0 Å². The molecule has 0 N–H and O–H groups in total. The average Bonchev–Trinajstić information content (AvgIpc) is 2.51. The van der Waals surface area contributed by atoms with Gasteiger partial charge in [-0.3, -0.25) is 4.57 Å². The Morgan fingerprint density at radius 1 is 1.09 bits per heavy atom. The first-order chi connectivity index (χ1) is 10.9. The predicted molar refractivity (Wildman–Crippen MR) is 75.1 cm³/mol. The van der Waals surface area contributed by atoms with E-state index in [0.29, 0.717) is 5.56 Å². The molecule has 0 fully saturated rings. The number of halogens is 3. The number of nitrogens with zero attached hydrogens (tertiary/aromatic N) is 2. The lowest BCUT2D eigenvalue weighted by Gasteiger charge is -2.09. The van der Waals surface area contributed by atoms with E-state index in [4.69, 9.17) is 0 Å². The number of hydrogen-bond acceptors (Lipinski definition) is 4. The maximum Gasteiger partial charge on any atom is 0.423 e. The van der Waals surface area contributed by atoms with Crippen molar-refractivity contribution in [3.63, 3.8) is 0 Å². The number of benzene rings is 1. The average molecular weight is 322 g/mol. The number of aromatic nitrogens is 2. The molecule has 3 aromatic rings. The monoisotopic (exact) mass is 322 g/mol. The van der Waals surface area contributed by atoms with Gasteiger partial charge in [0.25, 0.3) is 0 Å². The van der Waals surface area contributed by atoms with Crippen molar-refractivity contribution >= 4 is 11.0 Å². The molecule has 0 spiro atoms. The fourth-order valence-corrected chi connectivity index (χ4v) is 2.17. The molecule has 0 atom stereocenters. The molecular weight excluding hydrogens is 313 g/mol. The molecule has 23 heavy (non-hydrogen) atoms. The van der Waals surface area contributed by atoms with Crippen molar-refractivity contribution in [2.75, 3.05) is 0 Å². The van der Waals surface area contributed by atoms with Gasteiger partial charge in [0, 0.05) is 6.20 Å². The lowest BCUT2D eigenvalue weighted by atomic mass is 10.1. The van der Waals surface area contributed by atoms with Crippen LogP contribution in [0.25, 0.3) is 11.0 Å². The minimum atomic E-state index is -4.43. The number of fused-ring (bicyclic) bond motifs is 1. The van der Waals surface area contributed by atoms with Crippen LogP contribution >= 0.6 is 0 Å². The van der Waals surface area contributed by atoms with Crippen LogP contribution < -0.4 is 11.4 Å². The molecule has 0 aliphatic heterocycles. The smallest absolute Gasteiger partial charge is 0.372 e. The third-order valence-corrected chi connectivity index (χ3v) is 3.28. The second-order valence-corrected chi connectivity index (χ2v) is 4.81. The Morgan fingerprint density at radius 2 is 1.78 bits per heavy atom. The molecule has 0 bridgehead atoms. The van der Waals surface area contributed by atoms with Gasteiger partial charge in [-0.05, 0) is 29.8 Å². The van der Waals surface area contributed by atoms with E-state index in [0.717, 1.165) is 16.7 Å². The molecular formula is C15H9F3N2O3. The zero-order valence-corrected chi connectivity index (χ0v) is 11.5. The first kappa shape index (κ1) is 15.0. The second-order valence-electron chi connectivity index (χ2n) is 4.81. The highest BCUT2D eigenvalue weighted by Crippen LogP contribution is 2.29. The van der Waals surface area contributed by atoms with Crippen molar-refractivity contribution in [3.05, 3.63) is 74.7 Å². The van der Waals surface area contributed by atoms with Gasteiger partial charge < -0.3 is 4.42 Å². The molecule has 5 nitrogen and oxygen atoms in total. The molecule has 0 saturated heterocycles. The summed E-state index contributed by atoms with van der Waals surface area (Å²) in [7, 11) is 0. The Balaban J connectivity index is 2.06. The Kier molecular flexibility index (Phi) is 3.51. The summed E-state index contributed by atoms with van der Waals surface area (Å²) in [5.74, 6) is -0.916. The first-order valence-corrected chi connectivity index (χ1v) is 6.51. The van der Waals surface area contributed by atoms with Crippen LogP contribution in [0.1, 0.15) is 11.1 Å². The number of alkyl halides is 3. The Bertz CT molecular complexity index is 972. The molecule has 8 heteroatoms. The van der Waals surface area contributed by atoms with E-state index in [-0.39, 0.29) is 17.6 Å². The topological polar surface area (TPSA) is 65.1 Å². The summed E-state index contributed by atoms with van der Waals surface area (Å²) in [6, 6.07) is 7.34. The van der Waals surface area contributed by atoms with Crippen LogP contribution in [-0.2, 0) is 12.7 Å². The zero-order chi connectivity index (χ0) is 16.6. The molecule has 2 aromatic heterocycles. The van der Waals surface area contributed by atoms with Crippen molar-refractivity contribution in [2.24, 2.45) is 0 Å². The molecule has 0 aliphatic carbocycles. The third kappa shape index (κ3) is 2.87. The summed E-state index contributed by atoms with van der Waals surface area (Å²) in [5.41, 5.74) is -1.02. The van der Waals surface area contributed by atoms with Gasteiger partial charge >= 0.3 is 17.6 Å². The molecule has 2 heterocycles. The largest absolute Gasteiger partial charge is 0.423 e. The van der Waals surface area contributed by atoms with E-state index in [1.807, 2.05) is 0 Å². The zero-order valence-electron chi connectivity index (χ0n) is 11.5. The van der Waals surface area contributed by atoms with Crippen LogP contribution in [0.5, 0.6) is 0 Å². The minimum Gasteiger partial charge on any atom is -0.372 e. The van der Waals surface area contributed by atoms with E-state index in [1.54, 1.807) is 0 Å². The van der Waals surface area contributed by atoms with E-state index in [9.17, 15) is 22.8 Å². The SMILES string of the molecule is O=c1oc(=O)n(Cc2ccc(C(F)(F)F)cc2)c2ncccc12. The van der Waals surface area contributed by atoms with Crippen LogP contribution in [0.4, 0.5) is 13.2 Å². The normalized spacial score (nSPS) is 11.8. The Labute approximate surface area is 126 Å². The summed E-state index contributed by atoms with van der Waals surface area (Å²) < 4.78 is 43.3. The van der Waals surface area contributed by atoms with E-state index < -0.39 is 23.1 Å². The number of hydrogen-bond donors (Lipinski definition) is 0. The molecule has 0 unspecified atom stereocenters. The fraction of sp³-hybridized carbons (Fsp3) is 0.133. The van der Waals surface area contributed by atoms with Crippen molar-refractivity contribution in [1.82, 2.24) is 9.55 Å². The van der Waals surface area contributed by atoms with E-state index in [2.05, 4.69) is 9.40 Å². The van der Waals surface area contributed by atoms with Gasteiger partial charge in [-0.15, -0.1) is 0 Å². The molecule has 0 aliphatic rings. The summed E-state index contributed by atoms with van der Waals surface area (Å²) in [6.07, 6.45) is -3.02. The highest BCUT2D eigenvalue weighted by atomic mass is 19.4.